The Morgan fingerprint density at radius 3 is 2.50 bits per heavy atom. The van der Waals surface area contributed by atoms with Gasteiger partial charge in [0.25, 0.3) is 0 Å². The molecule has 14 heavy (non-hydrogen) atoms. The maximum atomic E-state index is 11.2. The molecule has 1 unspecified atom stereocenters. The van der Waals surface area contributed by atoms with Crippen LogP contribution in [0.2, 0.25) is 0 Å². The Balaban J connectivity index is 3.36. The topological polar surface area (TPSA) is 35.5 Å². The summed E-state index contributed by atoms with van der Waals surface area (Å²) in [7, 11) is 0. The predicted molar refractivity (Wildman–Crippen MR) is 68.5 cm³/mol. The fourth-order valence-electron chi connectivity index (χ4n) is 0.761. The van der Waals surface area contributed by atoms with Crippen molar-refractivity contribution in [2.45, 2.75) is 32.8 Å². The molecule has 0 aliphatic heterocycles. The van der Waals surface area contributed by atoms with E-state index in [9.17, 15) is 4.79 Å². The zero-order valence-corrected chi connectivity index (χ0v) is 12.1. The van der Waals surface area contributed by atoms with E-state index in [0.29, 0.717) is 13.0 Å². The van der Waals surface area contributed by atoms with E-state index in [-0.39, 0.29) is 11.6 Å². The third-order valence-electron chi connectivity index (χ3n) is 1.21. The van der Waals surface area contributed by atoms with E-state index < -0.39 is 0 Å². The molecule has 0 spiro atoms. The Bertz CT molecular complexity index is 168. The van der Waals surface area contributed by atoms with E-state index in [1.54, 1.807) is 0 Å². The quantitative estimate of drug-likeness (QED) is 0.325. The molecule has 0 amide bonds. The van der Waals surface area contributed by atoms with Crippen LogP contribution in [0.15, 0.2) is 0 Å². The van der Waals surface area contributed by atoms with Crippen molar-refractivity contribution in [3.05, 3.63) is 0 Å². The molecule has 3 nitrogen and oxygen atoms in total. The van der Waals surface area contributed by atoms with Gasteiger partial charge in [-0.1, -0.05) is 28.3 Å². The van der Waals surface area contributed by atoms with Gasteiger partial charge in [0, 0.05) is 0 Å². The zero-order chi connectivity index (χ0) is 11.0. The number of carbonyl (C=O) groups excluding carboxylic acids is 1. The van der Waals surface area contributed by atoms with Crippen LogP contribution in [0.3, 0.4) is 0 Å². The lowest BCUT2D eigenvalue weighted by Crippen LogP contribution is -2.24. The lowest BCUT2D eigenvalue weighted by atomic mass is 10.2. The Labute approximate surface area is 101 Å². The summed E-state index contributed by atoms with van der Waals surface area (Å²) in [5.74, 6) is -0.186. The standard InChI is InChI=1S/C9H18IO3P/c1-9(2,3)13-8(11)4-5-12-6-7-14-10/h14H,4-7H2,1-3H3. The average Bonchev–Trinajstić information content (AvgIpc) is 2.00. The summed E-state index contributed by atoms with van der Waals surface area (Å²) < 4.78 is 10.4. The summed E-state index contributed by atoms with van der Waals surface area (Å²) in [5.41, 5.74) is -0.388. The van der Waals surface area contributed by atoms with Gasteiger partial charge in [-0.2, -0.15) is 0 Å². The summed E-state index contributed by atoms with van der Waals surface area (Å²) in [5, 5.41) is 0. The Kier molecular flexibility index (Phi) is 8.16. The van der Waals surface area contributed by atoms with Gasteiger partial charge in [0.1, 0.15) is 5.60 Å². The van der Waals surface area contributed by atoms with Crippen molar-refractivity contribution in [2.75, 3.05) is 19.4 Å². The van der Waals surface area contributed by atoms with Crippen molar-refractivity contribution in [3.8, 4) is 0 Å². The van der Waals surface area contributed by atoms with E-state index in [0.717, 1.165) is 19.0 Å². The molecule has 0 saturated heterocycles. The molecule has 0 rings (SSSR count). The number of carbonyl (C=O) groups is 1. The maximum absolute atomic E-state index is 11.2. The molecule has 0 aromatic heterocycles. The first-order valence-electron chi connectivity index (χ1n) is 4.59. The molecule has 0 aliphatic carbocycles. The third-order valence-corrected chi connectivity index (χ3v) is 3.22. The van der Waals surface area contributed by atoms with Gasteiger partial charge < -0.3 is 9.47 Å². The van der Waals surface area contributed by atoms with Crippen LogP contribution in [0.1, 0.15) is 27.2 Å². The summed E-state index contributed by atoms with van der Waals surface area (Å²) in [6.07, 6.45) is 2.30. The van der Waals surface area contributed by atoms with Gasteiger partial charge in [0.15, 0.2) is 0 Å². The smallest absolute Gasteiger partial charge is 0.308 e. The first kappa shape index (κ1) is 14.6. The van der Waals surface area contributed by atoms with E-state index in [1.807, 2.05) is 20.8 Å². The molecule has 0 heterocycles. The van der Waals surface area contributed by atoms with Gasteiger partial charge in [-0.3, -0.25) is 4.79 Å². The van der Waals surface area contributed by atoms with Crippen LogP contribution in [0.5, 0.6) is 0 Å². The highest BCUT2D eigenvalue weighted by Gasteiger charge is 2.15. The molecule has 0 aromatic carbocycles. The summed E-state index contributed by atoms with van der Waals surface area (Å²) >= 11 is 2.33. The first-order chi connectivity index (χ1) is 6.45. The molecular weight excluding hydrogens is 314 g/mol. The number of esters is 1. The highest BCUT2D eigenvalue weighted by molar-refractivity contribution is 14.2. The van der Waals surface area contributed by atoms with Crippen LogP contribution >= 0.6 is 28.3 Å². The van der Waals surface area contributed by atoms with E-state index in [2.05, 4.69) is 22.0 Å². The monoisotopic (exact) mass is 332 g/mol. The molecular formula is C9H18IO3P. The second-order valence-electron chi connectivity index (χ2n) is 3.83. The van der Waals surface area contributed by atoms with E-state index >= 15 is 0 Å². The largest absolute Gasteiger partial charge is 0.460 e. The van der Waals surface area contributed by atoms with Crippen LogP contribution in [-0.2, 0) is 14.3 Å². The van der Waals surface area contributed by atoms with E-state index in [1.165, 1.54) is 0 Å². The molecule has 0 fully saturated rings. The molecule has 5 heteroatoms. The number of rotatable bonds is 6. The number of ether oxygens (including phenoxy) is 2. The minimum atomic E-state index is -0.388. The van der Waals surface area contributed by atoms with Crippen molar-refractivity contribution < 1.29 is 14.3 Å². The molecule has 0 saturated carbocycles. The molecule has 0 aliphatic rings. The SMILES string of the molecule is CC(C)(C)OC(=O)CCOCCPI. The first-order valence-corrected chi connectivity index (χ1v) is 8.91. The van der Waals surface area contributed by atoms with Gasteiger partial charge in [-0.05, 0) is 26.9 Å². The molecule has 0 aromatic rings. The lowest BCUT2D eigenvalue weighted by molar-refractivity contribution is -0.155. The molecule has 1 atom stereocenters. The Hall–Kier alpha value is 0.590. The van der Waals surface area contributed by atoms with Gasteiger partial charge in [-0.15, -0.1) is 0 Å². The number of halogens is 1. The number of hydrogen-bond donors (Lipinski definition) is 0. The Morgan fingerprint density at radius 1 is 1.36 bits per heavy atom. The maximum Gasteiger partial charge on any atom is 0.308 e. The summed E-state index contributed by atoms with van der Waals surface area (Å²) in [4.78, 5) is 11.2. The predicted octanol–water partition coefficient (Wildman–Crippen LogP) is 2.76. The molecule has 0 bridgehead atoms. The molecule has 84 valence electrons. The highest BCUT2D eigenvalue weighted by Crippen LogP contribution is 2.18. The third kappa shape index (κ3) is 10.7. The highest BCUT2D eigenvalue weighted by atomic mass is 127. The van der Waals surface area contributed by atoms with Crippen LogP contribution in [-0.4, -0.2) is 30.9 Å². The van der Waals surface area contributed by atoms with Crippen LogP contribution < -0.4 is 0 Å². The van der Waals surface area contributed by atoms with Gasteiger partial charge >= 0.3 is 5.97 Å². The normalized spacial score (nSPS) is 12.3. The molecule has 0 N–H and O–H groups in total. The molecule has 0 radical (unpaired) electrons. The number of hydrogen-bond acceptors (Lipinski definition) is 3. The minimum Gasteiger partial charge on any atom is -0.460 e. The van der Waals surface area contributed by atoms with E-state index in [4.69, 9.17) is 9.47 Å². The van der Waals surface area contributed by atoms with Gasteiger partial charge in [-0.25, -0.2) is 0 Å². The summed E-state index contributed by atoms with van der Waals surface area (Å²) in [6.45, 7) is 6.80. The van der Waals surface area contributed by atoms with Crippen molar-refractivity contribution in [1.82, 2.24) is 0 Å². The lowest BCUT2D eigenvalue weighted by Gasteiger charge is -2.19. The second-order valence-corrected chi connectivity index (χ2v) is 6.89. The van der Waals surface area contributed by atoms with Crippen molar-refractivity contribution in [2.24, 2.45) is 0 Å². The fourth-order valence-corrected chi connectivity index (χ4v) is 1.64. The van der Waals surface area contributed by atoms with Crippen LogP contribution in [0, 0.1) is 0 Å². The Morgan fingerprint density at radius 2 is 2.00 bits per heavy atom. The second kappa shape index (κ2) is 7.83. The fraction of sp³-hybridized carbons (Fsp3) is 0.889. The van der Waals surface area contributed by atoms with Gasteiger partial charge in [0.2, 0.25) is 0 Å². The summed E-state index contributed by atoms with van der Waals surface area (Å²) in [6, 6.07) is 0. The average molecular weight is 332 g/mol. The van der Waals surface area contributed by atoms with Gasteiger partial charge in [0.05, 0.1) is 19.6 Å². The van der Waals surface area contributed by atoms with Crippen molar-refractivity contribution >= 4 is 34.2 Å². The van der Waals surface area contributed by atoms with Crippen LogP contribution in [0.4, 0.5) is 0 Å². The van der Waals surface area contributed by atoms with Crippen LogP contribution in [0.25, 0.3) is 0 Å². The zero-order valence-electron chi connectivity index (χ0n) is 8.93. The van der Waals surface area contributed by atoms with Crippen molar-refractivity contribution in [1.29, 1.82) is 0 Å². The minimum absolute atomic E-state index is 0.186. The van der Waals surface area contributed by atoms with Crippen molar-refractivity contribution in [3.63, 3.8) is 0 Å².